The molecule has 7 nitrogen and oxygen atoms in total. The molecule has 3 rings (SSSR count). The van der Waals surface area contributed by atoms with E-state index < -0.39 is 4.92 Å². The number of ether oxygens (including phenoxy) is 1. The molecule has 20 heavy (non-hydrogen) atoms. The fourth-order valence-electron chi connectivity index (χ4n) is 1.97. The van der Waals surface area contributed by atoms with Crippen molar-refractivity contribution in [3.63, 3.8) is 0 Å². The van der Waals surface area contributed by atoms with Crippen LogP contribution in [0.3, 0.4) is 0 Å². The maximum absolute atomic E-state index is 10.7. The highest BCUT2D eigenvalue weighted by molar-refractivity contribution is 5.79. The maximum atomic E-state index is 10.7. The van der Waals surface area contributed by atoms with Crippen LogP contribution in [0.15, 0.2) is 18.2 Å². The summed E-state index contributed by atoms with van der Waals surface area (Å²) in [6.07, 6.45) is 2.57. The molecule has 7 heteroatoms. The van der Waals surface area contributed by atoms with Gasteiger partial charge in [-0.15, -0.1) is 0 Å². The van der Waals surface area contributed by atoms with Crippen molar-refractivity contribution in [2.75, 3.05) is 25.1 Å². The third-order valence-corrected chi connectivity index (χ3v) is 3.27. The molecule has 0 aliphatic heterocycles. The van der Waals surface area contributed by atoms with Crippen molar-refractivity contribution in [3.8, 4) is 0 Å². The minimum atomic E-state index is -0.418. The minimum Gasteiger partial charge on any atom is -0.379 e. The zero-order valence-corrected chi connectivity index (χ0v) is 11.0. The van der Waals surface area contributed by atoms with Crippen molar-refractivity contribution >= 4 is 22.7 Å². The average Bonchev–Trinajstić information content (AvgIpc) is 3.16. The van der Waals surface area contributed by atoms with E-state index in [1.807, 2.05) is 0 Å². The largest absolute Gasteiger partial charge is 0.379 e. The molecule has 0 radical (unpaired) electrons. The minimum absolute atomic E-state index is 0.0560. The van der Waals surface area contributed by atoms with Crippen LogP contribution < -0.4 is 5.32 Å². The smallest absolute Gasteiger partial charge is 0.271 e. The lowest BCUT2D eigenvalue weighted by Gasteiger charge is -2.03. The number of aromatic amines is 1. The summed E-state index contributed by atoms with van der Waals surface area (Å²) >= 11 is 0. The Kier molecular flexibility index (Phi) is 3.51. The predicted molar refractivity (Wildman–Crippen MR) is 74.8 cm³/mol. The average molecular weight is 276 g/mol. The van der Waals surface area contributed by atoms with Gasteiger partial charge in [-0.3, -0.25) is 10.1 Å². The number of fused-ring (bicyclic) bond motifs is 1. The van der Waals surface area contributed by atoms with Crippen LogP contribution in [0, 0.1) is 16.0 Å². The van der Waals surface area contributed by atoms with Crippen molar-refractivity contribution in [3.05, 3.63) is 28.3 Å². The zero-order chi connectivity index (χ0) is 13.9. The van der Waals surface area contributed by atoms with Crippen LogP contribution in [-0.4, -0.2) is 34.6 Å². The Morgan fingerprint density at radius 1 is 1.50 bits per heavy atom. The lowest BCUT2D eigenvalue weighted by atomic mass is 10.3. The Balaban J connectivity index is 1.55. The van der Waals surface area contributed by atoms with Gasteiger partial charge in [0.15, 0.2) is 0 Å². The molecule has 2 aromatic rings. The van der Waals surface area contributed by atoms with E-state index in [9.17, 15) is 10.1 Å². The Bertz CT molecular complexity index is 621. The van der Waals surface area contributed by atoms with E-state index in [0.717, 1.165) is 12.5 Å². The summed E-state index contributed by atoms with van der Waals surface area (Å²) in [5.74, 6) is 1.37. The number of hydrogen-bond acceptors (Lipinski definition) is 5. The van der Waals surface area contributed by atoms with Gasteiger partial charge in [0, 0.05) is 25.3 Å². The van der Waals surface area contributed by atoms with Gasteiger partial charge in [0.25, 0.3) is 5.69 Å². The molecule has 2 N–H and O–H groups in total. The molecule has 0 atom stereocenters. The molecule has 1 aromatic carbocycles. The third kappa shape index (κ3) is 3.05. The van der Waals surface area contributed by atoms with E-state index in [-0.39, 0.29) is 5.69 Å². The second-order valence-corrected chi connectivity index (χ2v) is 4.99. The molecule has 0 saturated heterocycles. The summed E-state index contributed by atoms with van der Waals surface area (Å²) in [5, 5.41) is 13.8. The molecule has 0 amide bonds. The highest BCUT2D eigenvalue weighted by atomic mass is 16.6. The zero-order valence-electron chi connectivity index (χ0n) is 11.0. The number of imidazole rings is 1. The van der Waals surface area contributed by atoms with Crippen LogP contribution in [0.25, 0.3) is 11.0 Å². The highest BCUT2D eigenvalue weighted by Crippen LogP contribution is 2.28. The number of hydrogen-bond donors (Lipinski definition) is 2. The van der Waals surface area contributed by atoms with Gasteiger partial charge in [0.1, 0.15) is 0 Å². The Morgan fingerprint density at radius 2 is 2.35 bits per heavy atom. The molecule has 1 aliphatic carbocycles. The molecule has 1 aromatic heterocycles. The predicted octanol–water partition coefficient (Wildman–Crippen LogP) is 2.31. The van der Waals surface area contributed by atoms with Gasteiger partial charge < -0.3 is 15.0 Å². The van der Waals surface area contributed by atoms with E-state index >= 15 is 0 Å². The lowest BCUT2D eigenvalue weighted by molar-refractivity contribution is -0.384. The number of nitro benzene ring substituents is 1. The van der Waals surface area contributed by atoms with Gasteiger partial charge in [0.05, 0.1) is 22.6 Å². The van der Waals surface area contributed by atoms with Crippen molar-refractivity contribution in [2.24, 2.45) is 5.92 Å². The third-order valence-electron chi connectivity index (χ3n) is 3.27. The highest BCUT2D eigenvalue weighted by Gasteiger charge is 2.20. The van der Waals surface area contributed by atoms with Crippen LogP contribution >= 0.6 is 0 Å². The molecule has 1 aliphatic rings. The number of rotatable bonds is 7. The Morgan fingerprint density at radius 3 is 3.10 bits per heavy atom. The lowest BCUT2D eigenvalue weighted by Crippen LogP contribution is -2.11. The number of benzene rings is 1. The molecule has 1 heterocycles. The number of non-ortho nitro benzene ring substituents is 1. The monoisotopic (exact) mass is 276 g/mol. The summed E-state index contributed by atoms with van der Waals surface area (Å²) in [4.78, 5) is 17.6. The van der Waals surface area contributed by atoms with Gasteiger partial charge in [-0.2, -0.15) is 0 Å². The van der Waals surface area contributed by atoms with Gasteiger partial charge in [-0.25, -0.2) is 4.98 Å². The first kappa shape index (κ1) is 12.9. The van der Waals surface area contributed by atoms with Crippen molar-refractivity contribution in [1.29, 1.82) is 0 Å². The normalized spacial score (nSPS) is 14.6. The standard InChI is InChI=1S/C13H16N4O3/c18-17(19)10-3-4-11-12(7-10)16-13(15-11)14-5-6-20-8-9-1-2-9/h3-4,7,9H,1-2,5-6,8H2,(H2,14,15,16). The fourth-order valence-corrected chi connectivity index (χ4v) is 1.97. The van der Waals surface area contributed by atoms with Crippen LogP contribution in [0.1, 0.15) is 12.8 Å². The van der Waals surface area contributed by atoms with E-state index in [1.165, 1.54) is 25.0 Å². The molecule has 0 unspecified atom stereocenters. The molecule has 0 bridgehead atoms. The number of nitrogens with one attached hydrogen (secondary N) is 2. The second kappa shape index (κ2) is 5.46. The Labute approximate surface area is 115 Å². The molecule has 1 saturated carbocycles. The summed E-state index contributed by atoms with van der Waals surface area (Å²) in [5.41, 5.74) is 1.41. The molecular weight excluding hydrogens is 260 g/mol. The first-order valence-corrected chi connectivity index (χ1v) is 6.68. The molecule has 1 fully saturated rings. The number of aromatic nitrogens is 2. The summed E-state index contributed by atoms with van der Waals surface area (Å²) < 4.78 is 5.51. The topological polar surface area (TPSA) is 93.1 Å². The SMILES string of the molecule is O=[N+]([O-])c1ccc2nc(NCCOCC3CC3)[nH]c2c1. The Hall–Kier alpha value is -2.15. The van der Waals surface area contributed by atoms with Gasteiger partial charge >= 0.3 is 0 Å². The van der Waals surface area contributed by atoms with E-state index in [1.54, 1.807) is 6.07 Å². The van der Waals surface area contributed by atoms with Gasteiger partial charge in [0.2, 0.25) is 5.95 Å². The second-order valence-electron chi connectivity index (χ2n) is 4.99. The summed E-state index contributed by atoms with van der Waals surface area (Å²) in [6.45, 7) is 2.14. The van der Waals surface area contributed by atoms with E-state index in [0.29, 0.717) is 30.1 Å². The summed E-state index contributed by atoms with van der Waals surface area (Å²) in [7, 11) is 0. The number of nitro groups is 1. The summed E-state index contributed by atoms with van der Waals surface area (Å²) in [6, 6.07) is 4.57. The molecule has 0 spiro atoms. The van der Waals surface area contributed by atoms with Crippen molar-refractivity contribution in [2.45, 2.75) is 12.8 Å². The fraction of sp³-hybridized carbons (Fsp3) is 0.462. The van der Waals surface area contributed by atoms with E-state index in [2.05, 4.69) is 15.3 Å². The number of nitrogens with zero attached hydrogens (tertiary/aromatic N) is 2. The van der Waals surface area contributed by atoms with Crippen LogP contribution in [0.4, 0.5) is 11.6 Å². The van der Waals surface area contributed by atoms with Crippen molar-refractivity contribution < 1.29 is 9.66 Å². The van der Waals surface area contributed by atoms with Crippen LogP contribution in [-0.2, 0) is 4.74 Å². The first-order valence-electron chi connectivity index (χ1n) is 6.68. The number of H-pyrrole nitrogens is 1. The number of anilines is 1. The quantitative estimate of drug-likeness (QED) is 0.460. The maximum Gasteiger partial charge on any atom is 0.271 e. The van der Waals surface area contributed by atoms with Gasteiger partial charge in [-0.05, 0) is 24.8 Å². The van der Waals surface area contributed by atoms with Gasteiger partial charge in [-0.1, -0.05) is 0 Å². The van der Waals surface area contributed by atoms with Crippen LogP contribution in [0.5, 0.6) is 0 Å². The van der Waals surface area contributed by atoms with E-state index in [4.69, 9.17) is 4.74 Å². The molecular formula is C13H16N4O3. The molecule has 106 valence electrons. The van der Waals surface area contributed by atoms with Crippen molar-refractivity contribution in [1.82, 2.24) is 9.97 Å². The van der Waals surface area contributed by atoms with Crippen LogP contribution in [0.2, 0.25) is 0 Å². The first-order chi connectivity index (χ1) is 9.72.